The predicted molar refractivity (Wildman–Crippen MR) is 108 cm³/mol. The van der Waals surface area contributed by atoms with E-state index in [9.17, 15) is 9.18 Å². The lowest BCUT2D eigenvalue weighted by Gasteiger charge is -2.35. The molecule has 1 unspecified atom stereocenters. The Bertz CT molecular complexity index is 764. The number of benzene rings is 2. The van der Waals surface area contributed by atoms with Crippen molar-refractivity contribution in [1.29, 1.82) is 0 Å². The van der Waals surface area contributed by atoms with E-state index >= 15 is 0 Å². The number of nitrogens with zero attached hydrogens (tertiary/aromatic N) is 2. The van der Waals surface area contributed by atoms with E-state index in [1.165, 1.54) is 7.05 Å². The second-order valence-corrected chi connectivity index (χ2v) is 10.9. The highest BCUT2D eigenvalue weighted by atomic mass is 35.5. The van der Waals surface area contributed by atoms with Crippen molar-refractivity contribution in [3.05, 3.63) is 59.6 Å². The van der Waals surface area contributed by atoms with Crippen LogP contribution in [0, 0.1) is 0 Å². The Hall–Kier alpha value is -1.27. The number of carbonyl (C=O) groups excluding carboxylic acids is 1. The molecule has 9 heteroatoms. The molecule has 134 valence electrons. The molecular weight excluding hydrogens is 402 g/mol. The lowest BCUT2D eigenvalue weighted by atomic mass is 10.3. The first kappa shape index (κ1) is 20.0. The number of amides is 1. The Morgan fingerprint density at radius 3 is 2.36 bits per heavy atom. The van der Waals surface area contributed by atoms with Gasteiger partial charge in [-0.15, -0.1) is 4.39 Å². The number of carbonyl (C=O) groups is 1. The Morgan fingerprint density at radius 1 is 1.24 bits per heavy atom. The van der Waals surface area contributed by atoms with Crippen LogP contribution in [0.15, 0.2) is 54.6 Å². The van der Waals surface area contributed by atoms with Gasteiger partial charge in [-0.1, -0.05) is 36.7 Å². The molecule has 1 amide bonds. The molecule has 0 aliphatic rings. The van der Waals surface area contributed by atoms with Crippen LogP contribution in [-0.4, -0.2) is 23.7 Å². The Morgan fingerprint density at radius 2 is 1.84 bits per heavy atom. The fraction of sp³-hybridized carbons (Fsp3) is 0.188. The summed E-state index contributed by atoms with van der Waals surface area (Å²) in [6.07, 6.45) is -3.68. The van der Waals surface area contributed by atoms with Crippen molar-refractivity contribution in [3.8, 4) is 5.75 Å². The lowest BCUT2D eigenvalue weighted by Crippen LogP contribution is -2.24. The zero-order valence-corrected chi connectivity index (χ0v) is 16.9. The molecule has 1 atom stereocenters. The summed E-state index contributed by atoms with van der Waals surface area (Å²) >= 11 is 12.6. The second kappa shape index (κ2) is 8.90. The number of para-hydroxylation sites is 1. The van der Waals surface area contributed by atoms with Crippen LogP contribution in [0.3, 0.4) is 0 Å². The first-order valence-electron chi connectivity index (χ1n) is 7.37. The van der Waals surface area contributed by atoms with Crippen molar-refractivity contribution in [2.75, 3.05) is 17.3 Å². The molecule has 0 radical (unpaired) electrons. The lowest BCUT2D eigenvalue weighted by molar-refractivity contribution is 0.209. The fourth-order valence-electron chi connectivity index (χ4n) is 1.87. The van der Waals surface area contributed by atoms with Crippen molar-refractivity contribution in [3.63, 3.8) is 0 Å². The standard InChI is InChI=1S/C16H17ClFN2O2PS2/c1-3-23(24,22-15-11-9-13(17)10-12-15)20(25-19(2)16(18)21)14-7-5-4-6-8-14/h4-12H,3H2,1-2H3. The molecule has 0 fully saturated rings. The number of anilines is 1. The summed E-state index contributed by atoms with van der Waals surface area (Å²) in [5, 5.41) is 0.592. The molecule has 2 aromatic rings. The molecule has 4 nitrogen and oxygen atoms in total. The summed E-state index contributed by atoms with van der Waals surface area (Å²) < 4.78 is 21.8. The summed E-state index contributed by atoms with van der Waals surface area (Å²) in [6.45, 7) is 1.91. The maximum atomic E-state index is 13.1. The number of halogens is 2. The van der Waals surface area contributed by atoms with Gasteiger partial charge in [0, 0.05) is 18.2 Å². The van der Waals surface area contributed by atoms with Crippen LogP contribution in [0.5, 0.6) is 5.75 Å². The van der Waals surface area contributed by atoms with Gasteiger partial charge in [-0.2, -0.15) is 0 Å². The van der Waals surface area contributed by atoms with Crippen LogP contribution in [0.4, 0.5) is 14.9 Å². The number of hydrogen-bond donors (Lipinski definition) is 0. The number of hydrogen-bond acceptors (Lipinski definition) is 4. The topological polar surface area (TPSA) is 32.8 Å². The van der Waals surface area contributed by atoms with E-state index in [0.717, 1.165) is 22.1 Å². The molecule has 0 aliphatic carbocycles. The Balaban J connectivity index is 2.38. The van der Waals surface area contributed by atoms with Gasteiger partial charge in [0.05, 0.1) is 17.8 Å². The summed E-state index contributed by atoms with van der Waals surface area (Å²) in [5.74, 6) is 0.574. The summed E-state index contributed by atoms with van der Waals surface area (Å²) in [6, 6.07) is 16.1. The monoisotopic (exact) mass is 418 g/mol. The van der Waals surface area contributed by atoms with E-state index in [0.29, 0.717) is 16.9 Å². The minimum atomic E-state index is -2.64. The predicted octanol–water partition coefficient (Wildman–Crippen LogP) is 6.14. The van der Waals surface area contributed by atoms with Crippen molar-refractivity contribution in [2.24, 2.45) is 0 Å². The highest BCUT2D eigenvalue weighted by Gasteiger charge is 2.30. The van der Waals surface area contributed by atoms with E-state index in [2.05, 4.69) is 0 Å². The van der Waals surface area contributed by atoms with Crippen molar-refractivity contribution in [2.45, 2.75) is 6.92 Å². The normalized spacial score (nSPS) is 13.0. The van der Waals surface area contributed by atoms with Crippen molar-refractivity contribution < 1.29 is 13.7 Å². The van der Waals surface area contributed by atoms with Crippen LogP contribution in [0.2, 0.25) is 5.02 Å². The van der Waals surface area contributed by atoms with Gasteiger partial charge < -0.3 is 4.52 Å². The molecule has 2 aromatic carbocycles. The van der Waals surface area contributed by atoms with Gasteiger partial charge in [0.15, 0.2) is 0 Å². The first-order chi connectivity index (χ1) is 11.9. The smallest absolute Gasteiger partial charge is 0.411 e. The van der Waals surface area contributed by atoms with Crippen LogP contribution < -0.4 is 8.60 Å². The maximum Gasteiger partial charge on any atom is 0.411 e. The fourth-order valence-corrected chi connectivity index (χ4v) is 5.94. The van der Waals surface area contributed by atoms with E-state index in [1.807, 2.05) is 37.3 Å². The van der Waals surface area contributed by atoms with Crippen LogP contribution >= 0.6 is 30.2 Å². The minimum absolute atomic E-state index is 0.515. The maximum absolute atomic E-state index is 13.1. The van der Waals surface area contributed by atoms with Gasteiger partial charge in [0.1, 0.15) is 5.75 Å². The van der Waals surface area contributed by atoms with E-state index in [4.69, 9.17) is 27.9 Å². The molecular formula is C16H17ClFN2O2PS2. The minimum Gasteiger partial charge on any atom is -0.448 e. The number of rotatable bonds is 7. The SMILES string of the molecule is CCP(=S)(Oc1ccc(Cl)cc1)N(SN(C)C(=O)F)c1ccccc1. The van der Waals surface area contributed by atoms with Crippen molar-refractivity contribution in [1.82, 2.24) is 4.31 Å². The summed E-state index contributed by atoms with van der Waals surface area (Å²) in [4.78, 5) is 11.1. The third kappa shape index (κ3) is 5.35. The zero-order valence-electron chi connectivity index (χ0n) is 13.6. The second-order valence-electron chi connectivity index (χ2n) is 4.94. The molecule has 0 spiro atoms. The zero-order chi connectivity index (χ0) is 18.4. The van der Waals surface area contributed by atoms with Gasteiger partial charge in [0.2, 0.25) is 6.42 Å². The molecule has 0 saturated carbocycles. The molecule has 0 aliphatic heterocycles. The average Bonchev–Trinajstić information content (AvgIpc) is 2.62. The van der Waals surface area contributed by atoms with Crippen LogP contribution in [0.25, 0.3) is 0 Å². The van der Waals surface area contributed by atoms with Crippen molar-refractivity contribution >= 4 is 53.8 Å². The van der Waals surface area contributed by atoms with Gasteiger partial charge in [0.25, 0.3) is 0 Å². The Labute approximate surface area is 161 Å². The summed E-state index contributed by atoms with van der Waals surface area (Å²) in [5.41, 5.74) is 0.736. The molecule has 0 saturated heterocycles. The third-order valence-corrected chi connectivity index (χ3v) is 9.06. The largest absolute Gasteiger partial charge is 0.448 e. The van der Waals surface area contributed by atoms with Gasteiger partial charge >= 0.3 is 6.16 Å². The molecule has 0 N–H and O–H groups in total. The molecule has 0 bridgehead atoms. The quantitative estimate of drug-likeness (QED) is 0.233. The molecule has 2 rings (SSSR count). The summed E-state index contributed by atoms with van der Waals surface area (Å²) in [7, 11) is 1.35. The van der Waals surface area contributed by atoms with Crippen LogP contribution in [0.1, 0.15) is 6.92 Å². The molecule has 25 heavy (non-hydrogen) atoms. The van der Waals surface area contributed by atoms with E-state index in [1.54, 1.807) is 28.3 Å². The Kier molecular flexibility index (Phi) is 7.14. The highest BCUT2D eigenvalue weighted by molar-refractivity contribution is 8.21. The van der Waals surface area contributed by atoms with E-state index in [-0.39, 0.29) is 0 Å². The molecule has 0 heterocycles. The average molecular weight is 419 g/mol. The van der Waals surface area contributed by atoms with Gasteiger partial charge in [-0.05, 0) is 48.2 Å². The van der Waals surface area contributed by atoms with Crippen LogP contribution in [-0.2, 0) is 11.8 Å². The third-order valence-electron chi connectivity index (χ3n) is 3.16. The van der Waals surface area contributed by atoms with Gasteiger partial charge in [-0.3, -0.25) is 0 Å². The molecule has 0 aromatic heterocycles. The first-order valence-corrected chi connectivity index (χ1v) is 11.3. The highest BCUT2D eigenvalue weighted by Crippen LogP contribution is 2.57. The van der Waals surface area contributed by atoms with Gasteiger partial charge in [-0.25, -0.2) is 13.2 Å². The van der Waals surface area contributed by atoms with E-state index < -0.39 is 12.6 Å².